The third kappa shape index (κ3) is 30.6. The Hall–Kier alpha value is -0.243. The topological polar surface area (TPSA) is 74.8 Å². The summed E-state index contributed by atoms with van der Waals surface area (Å²) in [6.07, 6.45) is 42.9. The van der Waals surface area contributed by atoms with Gasteiger partial charge in [-0.05, 0) is 47.8 Å². The van der Waals surface area contributed by atoms with E-state index < -0.39 is 39.5 Å². The van der Waals surface area contributed by atoms with Crippen LogP contribution in [-0.2, 0) is 0 Å². The first kappa shape index (κ1) is 69.8. The van der Waals surface area contributed by atoms with Crippen LogP contribution in [0.3, 0.4) is 0 Å². The van der Waals surface area contributed by atoms with Gasteiger partial charge >= 0.3 is 185 Å². The van der Waals surface area contributed by atoms with E-state index in [1.807, 2.05) is 13.0 Å². The molecule has 414 valence electrons. The van der Waals surface area contributed by atoms with Gasteiger partial charge in [0.05, 0.1) is 14.9 Å². The van der Waals surface area contributed by atoms with Gasteiger partial charge in [-0.1, -0.05) is 129 Å². The van der Waals surface area contributed by atoms with Crippen molar-refractivity contribution in [3.8, 4) is 0 Å². The van der Waals surface area contributed by atoms with Crippen molar-refractivity contribution < 1.29 is 19.2 Å². The zero-order valence-corrected chi connectivity index (χ0v) is 57.1. The van der Waals surface area contributed by atoms with Crippen molar-refractivity contribution in [3.05, 3.63) is 41.7 Å². The fourth-order valence-electron chi connectivity index (χ4n) is 9.46. The number of thiophene rings is 2. The Morgan fingerprint density at radius 1 is 0.361 bits per heavy atom. The summed E-state index contributed by atoms with van der Waals surface area (Å²) in [5, 5.41) is 0. The second-order valence-electron chi connectivity index (χ2n) is 20.9. The molecule has 11 heteroatoms. The molecule has 0 aliphatic carbocycles. The van der Waals surface area contributed by atoms with Crippen molar-refractivity contribution in [2.45, 2.75) is 294 Å². The van der Waals surface area contributed by atoms with E-state index in [0.29, 0.717) is 34.0 Å². The van der Waals surface area contributed by atoms with Gasteiger partial charge in [0.25, 0.3) is 23.6 Å². The van der Waals surface area contributed by atoms with E-state index in [-0.39, 0.29) is 23.6 Å². The van der Waals surface area contributed by atoms with Crippen molar-refractivity contribution in [2.75, 3.05) is 13.1 Å². The molecule has 2 aliphatic rings. The first-order chi connectivity index (χ1) is 35.0. The van der Waals surface area contributed by atoms with E-state index in [9.17, 15) is 19.2 Å². The second-order valence-corrected chi connectivity index (χ2v) is 41.7. The molecule has 2 aromatic rings. The van der Waals surface area contributed by atoms with Gasteiger partial charge in [0, 0.05) is 18.0 Å². The fourth-order valence-corrected chi connectivity index (χ4v) is 30.9. The van der Waals surface area contributed by atoms with E-state index >= 15 is 0 Å². The third-order valence-electron chi connectivity index (χ3n) is 14.2. The van der Waals surface area contributed by atoms with E-state index in [2.05, 4.69) is 71.3 Å². The molecule has 0 aromatic carbocycles. The minimum absolute atomic E-state index is 0.0842. The Labute approximate surface area is 475 Å². The molecule has 4 amide bonds. The molecule has 0 atom stereocenters. The molecule has 2 aromatic heterocycles. The van der Waals surface area contributed by atoms with Crippen LogP contribution in [0.1, 0.15) is 306 Å². The van der Waals surface area contributed by atoms with Crippen LogP contribution in [0, 0.1) is 6.92 Å². The zero-order chi connectivity index (χ0) is 53.2. The Balaban J connectivity index is 0.000000499. The molecule has 0 fully saturated rings. The minimum atomic E-state index is -0.839. The van der Waals surface area contributed by atoms with Gasteiger partial charge in [-0.2, -0.15) is 0 Å². The molecule has 0 N–H and O–H groups in total. The van der Waals surface area contributed by atoms with E-state index in [0.717, 1.165) is 34.3 Å². The van der Waals surface area contributed by atoms with Crippen LogP contribution >= 0.6 is 38.6 Å². The summed E-state index contributed by atoms with van der Waals surface area (Å²) in [4.78, 5) is 54.0. The molecule has 0 bridgehead atoms. The summed E-state index contributed by atoms with van der Waals surface area (Å²) in [5.41, 5.74) is 1.18. The number of carbonyl (C=O) groups is 4. The number of hydrogen-bond acceptors (Lipinski definition) is 6. The van der Waals surface area contributed by atoms with Crippen LogP contribution in [0.25, 0.3) is 0 Å². The number of imide groups is 2. The normalized spacial score (nSPS) is 12.9. The van der Waals surface area contributed by atoms with Crippen LogP contribution < -0.4 is 0 Å². The zero-order valence-electron chi connectivity index (χ0n) is 48.2. The number of nitrogens with zero attached hydrogens (tertiary/aromatic N) is 2. The predicted octanol–water partition coefficient (Wildman–Crippen LogP) is 21.4. The average Bonchev–Trinajstić information content (AvgIpc) is 4.09. The fraction of sp³-hybridized carbons (Fsp3) is 0.803. The van der Waals surface area contributed by atoms with Gasteiger partial charge < -0.3 is 0 Å². The number of aryl methyl sites for hydroxylation is 1. The van der Waals surface area contributed by atoms with Gasteiger partial charge in [0.1, 0.15) is 9.75 Å². The summed E-state index contributed by atoms with van der Waals surface area (Å²) >= 11 is 4.45. The number of fused-ring (bicyclic) bond motifs is 2. The number of rotatable bonds is 40. The monoisotopic (exact) mass is 1320 g/mol. The predicted molar refractivity (Wildman–Crippen MR) is 325 cm³/mol. The van der Waals surface area contributed by atoms with Crippen LogP contribution in [0.2, 0.25) is 26.6 Å². The maximum atomic E-state index is 12.2. The van der Waals surface area contributed by atoms with E-state index in [4.69, 9.17) is 0 Å². The van der Waals surface area contributed by atoms with Gasteiger partial charge in [-0.3, -0.25) is 29.0 Å². The maximum absolute atomic E-state index is 12.2. The molecule has 2 aliphatic heterocycles. The van der Waals surface area contributed by atoms with Crippen molar-refractivity contribution in [3.63, 3.8) is 0 Å². The summed E-state index contributed by atoms with van der Waals surface area (Å²) in [5.74, 6) is -0.413. The van der Waals surface area contributed by atoms with Crippen molar-refractivity contribution in [2.24, 2.45) is 0 Å². The summed E-state index contributed by atoms with van der Waals surface area (Å²) in [6.45, 7) is 21.6. The first-order valence-corrected chi connectivity index (χ1v) is 44.8. The molecular weight excluding hydrogens is 1210 g/mol. The summed E-state index contributed by atoms with van der Waals surface area (Å²) < 4.78 is 10.9. The molecule has 4 heterocycles. The Morgan fingerprint density at radius 2 is 0.625 bits per heavy atom. The molecule has 0 unspecified atom stereocenters. The number of carbonyl (C=O) groups excluding carboxylic acids is 4. The van der Waals surface area contributed by atoms with E-state index in [1.165, 1.54) is 212 Å². The molecule has 72 heavy (non-hydrogen) atoms. The van der Waals surface area contributed by atoms with Crippen LogP contribution in [0.15, 0.2) is 15.9 Å². The van der Waals surface area contributed by atoms with E-state index in [1.54, 1.807) is 32.7 Å². The molecule has 6 nitrogen and oxygen atoms in total. The van der Waals surface area contributed by atoms with Crippen LogP contribution in [0.5, 0.6) is 0 Å². The Kier molecular flexibility index (Phi) is 45.4. The summed E-state index contributed by atoms with van der Waals surface area (Å²) in [6, 6.07) is 3.61. The molecule has 0 saturated carbocycles. The second kappa shape index (κ2) is 46.8. The number of amides is 4. The first-order valence-electron chi connectivity index (χ1n) is 30.3. The molecular formula is C61H109BrN2O4S2Sn2. The number of halogens is 1. The van der Waals surface area contributed by atoms with Gasteiger partial charge in [-0.15, -0.1) is 22.7 Å². The summed E-state index contributed by atoms with van der Waals surface area (Å²) in [7, 11) is 0. The van der Waals surface area contributed by atoms with Crippen molar-refractivity contribution >= 4 is 102 Å². The Bertz CT molecular complexity index is 1460. The van der Waals surface area contributed by atoms with Gasteiger partial charge in [-0.25, -0.2) is 0 Å². The SMILES string of the molecule is CCCCCCCCCCCCN1C(=O)c2cc(Br)sc2C1=O.CCCCCCCCCCCCN1C(=O)c2cc(C)sc2C1=O.CCC[CH2][Sn]([CH2]CCC)[CH2]CCC.CCC[CH2][Sn]([CH2]CCC)[CH2]CCC. The molecule has 0 saturated heterocycles. The Morgan fingerprint density at radius 3 is 0.903 bits per heavy atom. The molecule has 2 radical (unpaired) electrons. The molecule has 0 spiro atoms. The van der Waals surface area contributed by atoms with Crippen LogP contribution in [-0.4, -0.2) is 86.0 Å². The quantitative estimate of drug-likeness (QED) is 0.0379. The third-order valence-corrected chi connectivity index (χ3v) is 35.0. The van der Waals surface area contributed by atoms with Gasteiger partial charge in [0.2, 0.25) is 0 Å². The van der Waals surface area contributed by atoms with Crippen molar-refractivity contribution in [1.82, 2.24) is 9.80 Å². The van der Waals surface area contributed by atoms with Crippen LogP contribution in [0.4, 0.5) is 0 Å². The van der Waals surface area contributed by atoms with Crippen molar-refractivity contribution in [1.29, 1.82) is 0 Å². The molecule has 4 rings (SSSR count). The number of unbranched alkanes of at least 4 members (excludes halogenated alkanes) is 24. The standard InChI is InChI=1S/C19H29NO2S.C18H26BrNO2S.6C4H9.2Sn/c1-3-4-5-6-7-8-9-10-11-12-13-20-18(21)16-14-15(2)23-17(16)19(20)22;1-2-3-4-5-6-7-8-9-10-11-12-20-17(21)14-13-15(19)23-16(14)18(20)22;6*1-3-4-2;;/h14H,3-13H2,1-2H3;13H,2-12H2,1H3;6*1,3-4H2,2H3;;. The van der Waals surface area contributed by atoms with Gasteiger partial charge in [0.15, 0.2) is 0 Å². The number of hydrogen-bond donors (Lipinski definition) is 0. The average molecular weight is 1320 g/mol.